The molecule has 1 atom stereocenters. The van der Waals surface area contributed by atoms with Gasteiger partial charge in [-0.05, 0) is 11.6 Å². The fourth-order valence-corrected chi connectivity index (χ4v) is 3.27. The van der Waals surface area contributed by atoms with Crippen LogP contribution in [0.3, 0.4) is 0 Å². The molecule has 1 fully saturated rings. The molecule has 0 saturated carbocycles. The fourth-order valence-electron chi connectivity index (χ4n) is 3.27. The summed E-state index contributed by atoms with van der Waals surface area (Å²) in [6, 6.07) is 8.48. The van der Waals surface area contributed by atoms with Crippen LogP contribution < -0.4 is 5.32 Å². The lowest BCUT2D eigenvalue weighted by molar-refractivity contribution is -0.127. The Balaban J connectivity index is 1.47. The number of imide groups is 1. The highest BCUT2D eigenvalue weighted by Crippen LogP contribution is 2.20. The Morgan fingerprint density at radius 1 is 1.21 bits per heavy atom. The number of urea groups is 1. The molecular weight excluding hydrogens is 360 g/mol. The normalized spacial score (nSPS) is 16.8. The number of amides is 3. The van der Waals surface area contributed by atoms with Crippen molar-refractivity contribution in [2.45, 2.75) is 25.6 Å². The largest absolute Gasteiger partial charge is 0.383 e. The lowest BCUT2D eigenvalue weighted by Gasteiger charge is -2.14. The molecule has 4 rings (SSSR count). The number of carbonyl (C=O) groups excluding carboxylic acids is 2. The lowest BCUT2D eigenvalue weighted by Crippen LogP contribution is -2.32. The quantitative estimate of drug-likeness (QED) is 0.617. The monoisotopic (exact) mass is 380 g/mol. The summed E-state index contributed by atoms with van der Waals surface area (Å²) in [7, 11) is 1.62. The number of aromatic nitrogens is 4. The van der Waals surface area contributed by atoms with Gasteiger partial charge in [-0.1, -0.05) is 29.5 Å². The molecule has 0 radical (unpaired) electrons. The van der Waals surface area contributed by atoms with Crippen molar-refractivity contribution in [3.63, 3.8) is 0 Å². The van der Waals surface area contributed by atoms with Gasteiger partial charge >= 0.3 is 6.03 Å². The highest BCUT2D eigenvalue weighted by atomic mass is 16.5. The third kappa shape index (κ3) is 3.56. The number of rotatable bonds is 7. The van der Waals surface area contributed by atoms with Gasteiger partial charge in [0.05, 0.1) is 30.9 Å². The SMILES string of the molecule is COCCn1cc(CC2NC(=O)N(Cc3cccc4cccnc34)C2=O)nn1. The third-order valence-electron chi connectivity index (χ3n) is 4.68. The zero-order chi connectivity index (χ0) is 19.5. The average molecular weight is 380 g/mol. The zero-order valence-corrected chi connectivity index (χ0v) is 15.4. The molecule has 1 aliphatic rings. The molecule has 0 spiro atoms. The molecule has 9 nitrogen and oxygen atoms in total. The number of nitrogens with zero attached hydrogens (tertiary/aromatic N) is 5. The molecule has 1 N–H and O–H groups in total. The molecule has 3 heterocycles. The third-order valence-corrected chi connectivity index (χ3v) is 4.68. The molecule has 1 aromatic carbocycles. The number of fused-ring (bicyclic) bond motifs is 1. The summed E-state index contributed by atoms with van der Waals surface area (Å²) in [5, 5.41) is 11.8. The van der Waals surface area contributed by atoms with Gasteiger partial charge in [0.15, 0.2) is 0 Å². The van der Waals surface area contributed by atoms with E-state index in [1.807, 2.05) is 30.3 Å². The summed E-state index contributed by atoms with van der Waals surface area (Å²) in [5.74, 6) is -0.274. The molecule has 1 saturated heterocycles. The molecule has 1 aliphatic heterocycles. The Bertz CT molecular complexity index is 1010. The van der Waals surface area contributed by atoms with E-state index in [0.29, 0.717) is 25.3 Å². The van der Waals surface area contributed by atoms with Crippen LogP contribution >= 0.6 is 0 Å². The van der Waals surface area contributed by atoms with Gasteiger partial charge in [-0.3, -0.25) is 14.7 Å². The van der Waals surface area contributed by atoms with Gasteiger partial charge in [0.1, 0.15) is 6.04 Å². The highest BCUT2D eigenvalue weighted by molar-refractivity contribution is 6.04. The van der Waals surface area contributed by atoms with E-state index in [2.05, 4.69) is 20.6 Å². The maximum absolute atomic E-state index is 12.8. The topological polar surface area (TPSA) is 102 Å². The van der Waals surface area contributed by atoms with Crippen LogP contribution in [0.1, 0.15) is 11.3 Å². The summed E-state index contributed by atoms with van der Waals surface area (Å²) in [6.45, 7) is 1.28. The standard InChI is InChI=1S/C19H20N6O3/c1-28-9-8-24-12-15(22-23-24)10-16-18(26)25(19(27)21-16)11-14-5-2-4-13-6-3-7-20-17(13)14/h2-7,12,16H,8-11H2,1H3,(H,21,27). The van der Waals surface area contributed by atoms with Crippen LogP contribution in [0.25, 0.3) is 10.9 Å². The van der Waals surface area contributed by atoms with Crippen LogP contribution in [0, 0.1) is 0 Å². The van der Waals surface area contributed by atoms with Crippen molar-refractivity contribution in [2.24, 2.45) is 0 Å². The summed E-state index contributed by atoms with van der Waals surface area (Å²) >= 11 is 0. The predicted molar refractivity (Wildman–Crippen MR) is 100 cm³/mol. The van der Waals surface area contributed by atoms with Crippen molar-refractivity contribution in [3.8, 4) is 0 Å². The van der Waals surface area contributed by atoms with Crippen LogP contribution in [0.4, 0.5) is 4.79 Å². The Morgan fingerprint density at radius 3 is 2.93 bits per heavy atom. The van der Waals surface area contributed by atoms with Crippen molar-refractivity contribution in [1.82, 2.24) is 30.2 Å². The lowest BCUT2D eigenvalue weighted by atomic mass is 10.1. The van der Waals surface area contributed by atoms with Crippen molar-refractivity contribution in [1.29, 1.82) is 0 Å². The first-order valence-corrected chi connectivity index (χ1v) is 8.98. The first kappa shape index (κ1) is 18.1. The summed E-state index contributed by atoms with van der Waals surface area (Å²) < 4.78 is 6.66. The smallest absolute Gasteiger partial charge is 0.325 e. The van der Waals surface area contributed by atoms with Crippen molar-refractivity contribution in [2.75, 3.05) is 13.7 Å². The minimum atomic E-state index is -0.650. The van der Waals surface area contributed by atoms with E-state index in [1.54, 1.807) is 24.2 Å². The molecule has 0 aliphatic carbocycles. The minimum Gasteiger partial charge on any atom is -0.383 e. The molecule has 3 amide bonds. The van der Waals surface area contributed by atoms with E-state index in [1.165, 1.54) is 4.90 Å². The van der Waals surface area contributed by atoms with Gasteiger partial charge in [-0.25, -0.2) is 9.48 Å². The van der Waals surface area contributed by atoms with Crippen molar-refractivity contribution >= 4 is 22.8 Å². The highest BCUT2D eigenvalue weighted by Gasteiger charge is 2.38. The Morgan fingerprint density at radius 2 is 2.07 bits per heavy atom. The number of ether oxygens (including phenoxy) is 1. The van der Waals surface area contributed by atoms with Crippen LogP contribution in [0.15, 0.2) is 42.7 Å². The van der Waals surface area contributed by atoms with E-state index in [9.17, 15) is 9.59 Å². The second-order valence-electron chi connectivity index (χ2n) is 6.59. The Hall–Kier alpha value is -3.33. The van der Waals surface area contributed by atoms with E-state index in [0.717, 1.165) is 16.5 Å². The number of methoxy groups -OCH3 is 1. The van der Waals surface area contributed by atoms with Crippen LogP contribution in [0.5, 0.6) is 0 Å². The van der Waals surface area contributed by atoms with Gasteiger partial charge < -0.3 is 10.1 Å². The average Bonchev–Trinajstić information content (AvgIpc) is 3.26. The van der Waals surface area contributed by atoms with Gasteiger partial charge in [-0.15, -0.1) is 5.10 Å². The van der Waals surface area contributed by atoms with E-state index < -0.39 is 12.1 Å². The summed E-state index contributed by atoms with van der Waals surface area (Å²) in [4.78, 5) is 30.8. The van der Waals surface area contributed by atoms with Gasteiger partial charge in [0, 0.05) is 31.3 Å². The molecule has 3 aromatic rings. The fraction of sp³-hybridized carbons (Fsp3) is 0.316. The first-order chi connectivity index (χ1) is 13.7. The zero-order valence-electron chi connectivity index (χ0n) is 15.4. The number of nitrogens with one attached hydrogen (secondary N) is 1. The van der Waals surface area contributed by atoms with E-state index >= 15 is 0 Å². The van der Waals surface area contributed by atoms with Crippen LogP contribution in [0.2, 0.25) is 0 Å². The Labute approximate surface area is 161 Å². The number of carbonyl (C=O) groups is 2. The molecule has 0 bridgehead atoms. The van der Waals surface area contributed by atoms with Crippen molar-refractivity contribution < 1.29 is 14.3 Å². The van der Waals surface area contributed by atoms with Gasteiger partial charge in [0.25, 0.3) is 5.91 Å². The molecular formula is C19H20N6O3. The molecule has 2 aromatic heterocycles. The molecule has 144 valence electrons. The second-order valence-corrected chi connectivity index (χ2v) is 6.59. The van der Waals surface area contributed by atoms with Crippen molar-refractivity contribution in [3.05, 3.63) is 54.0 Å². The number of benzene rings is 1. The van der Waals surface area contributed by atoms with Gasteiger partial charge in [-0.2, -0.15) is 0 Å². The number of para-hydroxylation sites is 1. The van der Waals surface area contributed by atoms with Crippen LogP contribution in [-0.4, -0.2) is 56.6 Å². The van der Waals surface area contributed by atoms with E-state index in [4.69, 9.17) is 4.74 Å². The molecule has 9 heteroatoms. The Kier molecular flexibility index (Phi) is 4.98. The number of hydrogen-bond donors (Lipinski definition) is 1. The van der Waals surface area contributed by atoms with E-state index in [-0.39, 0.29) is 12.5 Å². The first-order valence-electron chi connectivity index (χ1n) is 8.98. The second kappa shape index (κ2) is 7.73. The number of pyridine rings is 1. The molecule has 1 unspecified atom stereocenters. The number of hydrogen-bond acceptors (Lipinski definition) is 6. The van der Waals surface area contributed by atoms with Crippen LogP contribution in [-0.2, 0) is 29.0 Å². The maximum Gasteiger partial charge on any atom is 0.325 e. The van der Waals surface area contributed by atoms with Gasteiger partial charge in [0.2, 0.25) is 0 Å². The summed E-state index contributed by atoms with van der Waals surface area (Å²) in [5.41, 5.74) is 2.26. The maximum atomic E-state index is 12.8. The minimum absolute atomic E-state index is 0.177. The summed E-state index contributed by atoms with van der Waals surface area (Å²) in [6.07, 6.45) is 3.75. The molecule has 28 heavy (non-hydrogen) atoms. The predicted octanol–water partition coefficient (Wildman–Crippen LogP) is 1.14.